The molecule has 0 bridgehead atoms. The van der Waals surface area contributed by atoms with E-state index < -0.39 is 23.1 Å². The lowest BCUT2D eigenvalue weighted by atomic mass is 9.79. The molecule has 0 saturated carbocycles. The van der Waals surface area contributed by atoms with Crippen LogP contribution in [-0.2, 0) is 14.4 Å². The number of allylic oxidation sites excluding steroid dienone is 5. The molecule has 1 aliphatic carbocycles. The predicted molar refractivity (Wildman–Crippen MR) is 104 cm³/mol. The lowest BCUT2D eigenvalue weighted by Crippen LogP contribution is -2.45. The topological polar surface area (TPSA) is 71.4 Å². The standard InChI is InChI=1S/C22H32O4/c1-8-15(6)20(24)19-16(7)22(26,18(23)12-10-14(4)5)17(21(19)25)11-9-13(2)3/h9-10,15,17,26H,8,11-12H2,1-7H3/t15?,17-,22-/m1/s1. The molecule has 0 aliphatic heterocycles. The molecular formula is C22H32O4. The van der Waals surface area contributed by atoms with Gasteiger partial charge in [0.1, 0.15) is 0 Å². The molecule has 0 amide bonds. The summed E-state index contributed by atoms with van der Waals surface area (Å²) in [6.45, 7) is 12.7. The number of ketones is 3. The first-order chi connectivity index (χ1) is 12.0. The Morgan fingerprint density at radius 3 is 2.15 bits per heavy atom. The van der Waals surface area contributed by atoms with E-state index in [4.69, 9.17) is 0 Å². The summed E-state index contributed by atoms with van der Waals surface area (Å²) in [5, 5.41) is 11.3. The van der Waals surface area contributed by atoms with Crippen LogP contribution in [0.3, 0.4) is 0 Å². The Bertz CT molecular complexity index is 685. The molecule has 0 aromatic heterocycles. The second-order valence-electron chi connectivity index (χ2n) is 7.78. The maximum Gasteiger partial charge on any atom is 0.173 e. The summed E-state index contributed by atoms with van der Waals surface area (Å²) < 4.78 is 0. The van der Waals surface area contributed by atoms with Crippen LogP contribution in [0.25, 0.3) is 0 Å². The highest BCUT2D eigenvalue weighted by Gasteiger charge is 2.56. The van der Waals surface area contributed by atoms with Crippen LogP contribution in [0.5, 0.6) is 0 Å². The van der Waals surface area contributed by atoms with Crippen molar-refractivity contribution in [1.82, 2.24) is 0 Å². The van der Waals surface area contributed by atoms with Gasteiger partial charge < -0.3 is 5.11 Å². The molecule has 0 radical (unpaired) electrons. The van der Waals surface area contributed by atoms with E-state index >= 15 is 0 Å². The lowest BCUT2D eigenvalue weighted by molar-refractivity contribution is -0.141. The Hall–Kier alpha value is -1.81. The minimum absolute atomic E-state index is 0.0274. The van der Waals surface area contributed by atoms with Gasteiger partial charge in [0.2, 0.25) is 0 Å². The van der Waals surface area contributed by atoms with Gasteiger partial charge in [-0.3, -0.25) is 14.4 Å². The Kier molecular flexibility index (Phi) is 7.45. The predicted octanol–water partition coefficient (Wildman–Crippen LogP) is 4.13. The van der Waals surface area contributed by atoms with Gasteiger partial charge in [-0.2, -0.15) is 0 Å². The van der Waals surface area contributed by atoms with Gasteiger partial charge in [0, 0.05) is 12.3 Å². The van der Waals surface area contributed by atoms with Crippen molar-refractivity contribution in [2.75, 3.05) is 0 Å². The molecule has 4 heteroatoms. The first kappa shape index (κ1) is 22.2. The Balaban J connectivity index is 3.45. The molecule has 1 aliphatic rings. The number of hydrogen-bond donors (Lipinski definition) is 1. The van der Waals surface area contributed by atoms with Crippen LogP contribution in [0.2, 0.25) is 0 Å². The molecular weight excluding hydrogens is 328 g/mol. The van der Waals surface area contributed by atoms with Crippen molar-refractivity contribution in [3.63, 3.8) is 0 Å². The SMILES string of the molecule is CCC(C)C(=O)C1=C(C)[C@](O)(C(=O)CC=C(C)C)[C@H](CC=C(C)C)C1=O. The van der Waals surface area contributed by atoms with Gasteiger partial charge in [0.15, 0.2) is 23.0 Å². The molecule has 26 heavy (non-hydrogen) atoms. The van der Waals surface area contributed by atoms with E-state index in [9.17, 15) is 19.5 Å². The Labute approximate surface area is 157 Å². The molecule has 1 unspecified atom stereocenters. The molecule has 0 saturated heterocycles. The fourth-order valence-electron chi connectivity index (χ4n) is 3.23. The third-order valence-electron chi connectivity index (χ3n) is 5.20. The molecule has 1 N–H and O–H groups in total. The van der Waals surface area contributed by atoms with Crippen LogP contribution >= 0.6 is 0 Å². The van der Waals surface area contributed by atoms with Crippen LogP contribution in [0.15, 0.2) is 34.4 Å². The second-order valence-corrected chi connectivity index (χ2v) is 7.78. The summed E-state index contributed by atoms with van der Waals surface area (Å²) in [5.41, 5.74) is 0.292. The number of carbonyl (C=O) groups excluding carboxylic acids is 3. The third-order valence-corrected chi connectivity index (χ3v) is 5.20. The van der Waals surface area contributed by atoms with Crippen LogP contribution in [0.1, 0.15) is 67.7 Å². The highest BCUT2D eigenvalue weighted by molar-refractivity contribution is 6.26. The van der Waals surface area contributed by atoms with Crippen molar-refractivity contribution >= 4 is 17.3 Å². The molecule has 4 nitrogen and oxygen atoms in total. The van der Waals surface area contributed by atoms with Gasteiger partial charge in [-0.15, -0.1) is 0 Å². The highest BCUT2D eigenvalue weighted by atomic mass is 16.3. The zero-order valence-electron chi connectivity index (χ0n) is 17.1. The van der Waals surface area contributed by atoms with Crippen molar-refractivity contribution in [1.29, 1.82) is 0 Å². The van der Waals surface area contributed by atoms with Crippen LogP contribution < -0.4 is 0 Å². The van der Waals surface area contributed by atoms with E-state index in [1.54, 1.807) is 19.9 Å². The van der Waals surface area contributed by atoms with Gasteiger partial charge in [-0.1, -0.05) is 37.1 Å². The summed E-state index contributed by atoms with van der Waals surface area (Å²) in [7, 11) is 0. The largest absolute Gasteiger partial charge is 0.377 e. The first-order valence-corrected chi connectivity index (χ1v) is 9.30. The van der Waals surface area contributed by atoms with Crippen molar-refractivity contribution in [3.8, 4) is 0 Å². The smallest absolute Gasteiger partial charge is 0.173 e. The van der Waals surface area contributed by atoms with Gasteiger partial charge in [0.25, 0.3) is 0 Å². The van der Waals surface area contributed by atoms with Gasteiger partial charge in [-0.25, -0.2) is 0 Å². The van der Waals surface area contributed by atoms with Gasteiger partial charge in [0.05, 0.1) is 11.5 Å². The molecule has 0 fully saturated rings. The molecule has 144 valence electrons. The van der Waals surface area contributed by atoms with E-state index in [0.29, 0.717) is 6.42 Å². The van der Waals surface area contributed by atoms with Crippen LogP contribution in [0, 0.1) is 11.8 Å². The normalized spacial score (nSPS) is 23.7. The molecule has 0 spiro atoms. The molecule has 0 aromatic rings. The third kappa shape index (κ3) is 4.29. The maximum atomic E-state index is 13.0. The van der Waals surface area contributed by atoms with Crippen molar-refractivity contribution in [2.24, 2.45) is 11.8 Å². The fraction of sp³-hybridized carbons (Fsp3) is 0.591. The summed E-state index contributed by atoms with van der Waals surface area (Å²) >= 11 is 0. The summed E-state index contributed by atoms with van der Waals surface area (Å²) in [6.07, 6.45) is 4.47. The zero-order chi connectivity index (χ0) is 20.2. The minimum Gasteiger partial charge on any atom is -0.377 e. The van der Waals surface area contributed by atoms with Crippen molar-refractivity contribution in [3.05, 3.63) is 34.4 Å². The number of carbonyl (C=O) groups is 3. The van der Waals surface area contributed by atoms with Crippen LogP contribution in [0.4, 0.5) is 0 Å². The Morgan fingerprint density at radius 1 is 1.15 bits per heavy atom. The summed E-state index contributed by atoms with van der Waals surface area (Å²) in [5.74, 6) is -2.35. The fourth-order valence-corrected chi connectivity index (χ4v) is 3.23. The van der Waals surface area contributed by atoms with Gasteiger partial charge in [-0.05, 0) is 53.0 Å². The zero-order valence-corrected chi connectivity index (χ0v) is 17.1. The lowest BCUT2D eigenvalue weighted by Gasteiger charge is -2.29. The Morgan fingerprint density at radius 2 is 1.69 bits per heavy atom. The van der Waals surface area contributed by atoms with E-state index in [1.807, 2.05) is 40.7 Å². The second kappa shape index (κ2) is 8.72. The number of rotatable bonds is 8. The van der Waals surface area contributed by atoms with E-state index in [2.05, 4.69) is 0 Å². The molecule has 1 rings (SSSR count). The van der Waals surface area contributed by atoms with E-state index in [1.165, 1.54) is 0 Å². The van der Waals surface area contributed by atoms with Gasteiger partial charge >= 0.3 is 0 Å². The molecule has 0 aromatic carbocycles. The molecule has 0 heterocycles. The summed E-state index contributed by atoms with van der Waals surface area (Å²) in [4.78, 5) is 38.6. The first-order valence-electron chi connectivity index (χ1n) is 9.30. The highest BCUT2D eigenvalue weighted by Crippen LogP contribution is 2.43. The summed E-state index contributed by atoms with van der Waals surface area (Å²) in [6, 6.07) is 0. The monoisotopic (exact) mass is 360 g/mol. The number of Topliss-reactive ketones (excluding diaryl/α,β-unsaturated/α-hetero) is 3. The average molecular weight is 360 g/mol. The number of aliphatic hydroxyl groups is 1. The van der Waals surface area contributed by atoms with Crippen LogP contribution in [-0.4, -0.2) is 28.1 Å². The van der Waals surface area contributed by atoms with E-state index in [-0.39, 0.29) is 35.7 Å². The minimum atomic E-state index is -1.91. The van der Waals surface area contributed by atoms with E-state index in [0.717, 1.165) is 11.1 Å². The quantitative estimate of drug-likeness (QED) is 0.522. The number of hydrogen-bond acceptors (Lipinski definition) is 4. The molecule has 3 atom stereocenters. The van der Waals surface area contributed by atoms with Crippen molar-refractivity contribution in [2.45, 2.75) is 73.3 Å². The van der Waals surface area contributed by atoms with Crippen molar-refractivity contribution < 1.29 is 19.5 Å². The average Bonchev–Trinajstić information content (AvgIpc) is 2.76. The maximum absolute atomic E-state index is 13.0.